The van der Waals surface area contributed by atoms with Crippen molar-refractivity contribution in [1.29, 1.82) is 0 Å². The molecule has 7 heteroatoms. The fourth-order valence-electron chi connectivity index (χ4n) is 2.90. The first-order valence-electron chi connectivity index (χ1n) is 8.48. The average Bonchev–Trinajstić information content (AvgIpc) is 2.91. The van der Waals surface area contributed by atoms with Crippen molar-refractivity contribution in [2.45, 2.75) is 51.1 Å². The van der Waals surface area contributed by atoms with Gasteiger partial charge in [-0.3, -0.25) is 9.59 Å². The Kier molecular flexibility index (Phi) is 5.61. The number of rotatable bonds is 6. The van der Waals surface area contributed by atoms with Gasteiger partial charge in [-0.2, -0.15) is 0 Å². The van der Waals surface area contributed by atoms with E-state index in [1.807, 2.05) is 0 Å². The molecule has 1 aliphatic rings. The molecular formula is C17H23N3O2S2. The molecule has 0 saturated carbocycles. The topological polar surface area (TPSA) is 74.8 Å². The van der Waals surface area contributed by atoms with Crippen LogP contribution in [0.15, 0.2) is 9.95 Å². The quantitative estimate of drug-likeness (QED) is 0.609. The molecule has 0 atom stereocenters. The van der Waals surface area contributed by atoms with Gasteiger partial charge < -0.3 is 10.3 Å². The zero-order valence-electron chi connectivity index (χ0n) is 14.1. The number of nitrogens with zero attached hydrogens (tertiary/aromatic N) is 1. The molecule has 0 saturated heterocycles. The fraction of sp³-hybridized carbons (Fsp3) is 0.588. The predicted octanol–water partition coefficient (Wildman–Crippen LogP) is 3.12. The Morgan fingerprint density at radius 1 is 1.38 bits per heavy atom. The number of thiophene rings is 1. The maximum absolute atomic E-state index is 12.4. The van der Waals surface area contributed by atoms with E-state index in [1.165, 1.54) is 28.6 Å². The highest BCUT2D eigenvalue weighted by atomic mass is 32.2. The van der Waals surface area contributed by atoms with E-state index in [0.29, 0.717) is 17.6 Å². The van der Waals surface area contributed by atoms with Gasteiger partial charge in [0, 0.05) is 11.4 Å². The third-order valence-corrected chi connectivity index (χ3v) is 6.25. The van der Waals surface area contributed by atoms with Crippen molar-refractivity contribution in [2.24, 2.45) is 5.92 Å². The van der Waals surface area contributed by atoms with Crippen LogP contribution in [0.5, 0.6) is 0 Å². The number of amides is 1. The minimum Gasteiger partial charge on any atom is -0.355 e. The van der Waals surface area contributed by atoms with Crippen molar-refractivity contribution in [3.05, 3.63) is 20.8 Å². The first-order valence-corrected chi connectivity index (χ1v) is 10.3. The van der Waals surface area contributed by atoms with Crippen LogP contribution in [-0.2, 0) is 17.6 Å². The van der Waals surface area contributed by atoms with Gasteiger partial charge in [-0.05, 0) is 43.6 Å². The second-order valence-corrected chi connectivity index (χ2v) is 8.63. The van der Waals surface area contributed by atoms with Crippen LogP contribution in [0.3, 0.4) is 0 Å². The molecule has 0 bridgehead atoms. The molecule has 2 N–H and O–H groups in total. The summed E-state index contributed by atoms with van der Waals surface area (Å²) >= 11 is 2.92. The van der Waals surface area contributed by atoms with Crippen LogP contribution < -0.4 is 10.9 Å². The van der Waals surface area contributed by atoms with Crippen LogP contribution >= 0.6 is 23.1 Å². The van der Waals surface area contributed by atoms with Crippen molar-refractivity contribution < 1.29 is 4.79 Å². The number of hydrogen-bond donors (Lipinski definition) is 2. The summed E-state index contributed by atoms with van der Waals surface area (Å²) in [6, 6.07) is 0. The number of thioether (sulfide) groups is 1. The van der Waals surface area contributed by atoms with E-state index < -0.39 is 0 Å². The number of H-pyrrole nitrogens is 1. The molecule has 5 nitrogen and oxygen atoms in total. The van der Waals surface area contributed by atoms with Gasteiger partial charge in [-0.25, -0.2) is 4.98 Å². The van der Waals surface area contributed by atoms with Crippen LogP contribution in [0.25, 0.3) is 10.2 Å². The van der Waals surface area contributed by atoms with Crippen LogP contribution in [0.4, 0.5) is 0 Å². The highest BCUT2D eigenvalue weighted by Gasteiger charge is 2.20. The van der Waals surface area contributed by atoms with Gasteiger partial charge in [0.2, 0.25) is 5.91 Å². The van der Waals surface area contributed by atoms with E-state index in [-0.39, 0.29) is 17.2 Å². The largest absolute Gasteiger partial charge is 0.355 e. The van der Waals surface area contributed by atoms with E-state index in [9.17, 15) is 9.59 Å². The molecule has 24 heavy (non-hydrogen) atoms. The Bertz CT molecular complexity index is 795. The van der Waals surface area contributed by atoms with Gasteiger partial charge in [0.05, 0.1) is 11.1 Å². The molecule has 3 rings (SSSR count). The minimum absolute atomic E-state index is 0.0196. The van der Waals surface area contributed by atoms with E-state index in [4.69, 9.17) is 0 Å². The molecule has 0 unspecified atom stereocenters. The fourth-order valence-corrected chi connectivity index (χ4v) is 4.91. The Morgan fingerprint density at radius 2 is 2.17 bits per heavy atom. The van der Waals surface area contributed by atoms with Crippen molar-refractivity contribution in [3.8, 4) is 0 Å². The van der Waals surface area contributed by atoms with Crippen LogP contribution in [0.1, 0.15) is 43.6 Å². The predicted molar refractivity (Wildman–Crippen MR) is 100 cm³/mol. The molecule has 130 valence electrons. The van der Waals surface area contributed by atoms with Crippen LogP contribution in [-0.4, -0.2) is 28.2 Å². The number of carbonyl (C=O) groups is 1. The summed E-state index contributed by atoms with van der Waals surface area (Å²) in [5, 5.41) is 4.20. The minimum atomic E-state index is -0.0675. The van der Waals surface area contributed by atoms with Gasteiger partial charge >= 0.3 is 0 Å². The third kappa shape index (κ3) is 4.00. The highest BCUT2D eigenvalue weighted by molar-refractivity contribution is 7.99. The highest BCUT2D eigenvalue weighted by Crippen LogP contribution is 2.34. The molecular weight excluding hydrogens is 342 g/mol. The summed E-state index contributed by atoms with van der Waals surface area (Å²) < 4.78 is 0. The van der Waals surface area contributed by atoms with Gasteiger partial charge in [0.1, 0.15) is 4.83 Å². The lowest BCUT2D eigenvalue weighted by Gasteiger charge is -2.09. The summed E-state index contributed by atoms with van der Waals surface area (Å²) in [5.41, 5.74) is 1.13. The number of aromatic amines is 1. The normalized spacial score (nSPS) is 14.1. The number of nitrogens with one attached hydrogen (secondary N) is 2. The van der Waals surface area contributed by atoms with Gasteiger partial charge in [0.25, 0.3) is 5.56 Å². The second-order valence-electron chi connectivity index (χ2n) is 6.58. The van der Waals surface area contributed by atoms with E-state index in [2.05, 4.69) is 29.1 Å². The molecule has 1 aliphatic carbocycles. The summed E-state index contributed by atoms with van der Waals surface area (Å²) in [4.78, 5) is 33.8. The number of hydrogen-bond acceptors (Lipinski definition) is 5. The number of carbonyl (C=O) groups excluding carboxylic acids is 1. The number of aryl methyl sites for hydroxylation is 2. The zero-order chi connectivity index (χ0) is 17.1. The van der Waals surface area contributed by atoms with E-state index in [1.54, 1.807) is 11.3 Å². The molecule has 2 aromatic heterocycles. The van der Waals surface area contributed by atoms with Crippen molar-refractivity contribution in [3.63, 3.8) is 0 Å². The van der Waals surface area contributed by atoms with Crippen LogP contribution in [0, 0.1) is 5.92 Å². The first kappa shape index (κ1) is 17.5. The van der Waals surface area contributed by atoms with Gasteiger partial charge in [-0.15, -0.1) is 11.3 Å². The lowest BCUT2D eigenvalue weighted by molar-refractivity contribution is -0.118. The third-order valence-electron chi connectivity index (χ3n) is 4.19. The van der Waals surface area contributed by atoms with Crippen LogP contribution in [0.2, 0.25) is 0 Å². The Hall–Kier alpha value is -1.34. The molecule has 0 spiro atoms. The smallest absolute Gasteiger partial charge is 0.260 e. The maximum atomic E-state index is 12.4. The summed E-state index contributed by atoms with van der Waals surface area (Å²) in [5.74, 6) is 0.828. The van der Waals surface area contributed by atoms with Crippen molar-refractivity contribution >= 4 is 39.2 Å². The summed E-state index contributed by atoms with van der Waals surface area (Å²) in [6.45, 7) is 4.95. The van der Waals surface area contributed by atoms with E-state index >= 15 is 0 Å². The standard InChI is InChI=1S/C17H23N3O2S2/c1-10(2)7-8-18-13(21)9-23-17-19-15(22)14-11-5-3-4-6-12(11)24-16(14)20-17/h10H,3-9H2,1-2H3,(H,18,21)(H,19,20,22). The monoisotopic (exact) mass is 365 g/mol. The lowest BCUT2D eigenvalue weighted by atomic mass is 9.97. The average molecular weight is 366 g/mol. The molecule has 0 radical (unpaired) electrons. The first-order chi connectivity index (χ1) is 11.5. The lowest BCUT2D eigenvalue weighted by Crippen LogP contribution is -2.27. The zero-order valence-corrected chi connectivity index (χ0v) is 15.7. The molecule has 2 heterocycles. The molecule has 1 amide bonds. The van der Waals surface area contributed by atoms with Crippen molar-refractivity contribution in [2.75, 3.05) is 12.3 Å². The summed E-state index contributed by atoms with van der Waals surface area (Å²) in [6.07, 6.45) is 5.33. The second kappa shape index (κ2) is 7.70. The Labute approximate surface area is 149 Å². The molecule has 0 fully saturated rings. The van der Waals surface area contributed by atoms with Gasteiger partial charge in [-0.1, -0.05) is 25.6 Å². The maximum Gasteiger partial charge on any atom is 0.260 e. The number of aromatic nitrogens is 2. The number of fused-ring (bicyclic) bond motifs is 3. The Balaban J connectivity index is 1.68. The molecule has 0 aromatic carbocycles. The SMILES string of the molecule is CC(C)CCNC(=O)CSc1nc2sc3c(c2c(=O)[nH]1)CCCC3. The molecule has 0 aliphatic heterocycles. The van der Waals surface area contributed by atoms with Gasteiger partial charge in [0.15, 0.2) is 5.16 Å². The van der Waals surface area contributed by atoms with Crippen molar-refractivity contribution in [1.82, 2.24) is 15.3 Å². The Morgan fingerprint density at radius 3 is 2.96 bits per heavy atom. The van der Waals surface area contributed by atoms with E-state index in [0.717, 1.165) is 35.9 Å². The molecule has 2 aromatic rings. The summed E-state index contributed by atoms with van der Waals surface area (Å²) in [7, 11) is 0.